The molecule has 1 aromatic carbocycles. The van der Waals surface area contributed by atoms with Gasteiger partial charge in [-0.2, -0.15) is 0 Å². The lowest BCUT2D eigenvalue weighted by atomic mass is 9.81. The number of hydrogen-bond donors (Lipinski definition) is 2. The Balaban J connectivity index is 1.74. The highest BCUT2D eigenvalue weighted by Gasteiger charge is 2.29. The number of carboxylic acid groups (broad SMARTS) is 1. The number of halogens is 1. The number of carbonyl (C=O) groups is 2. The zero-order valence-electron chi connectivity index (χ0n) is 13.1. The molecule has 1 unspecified atom stereocenters. The van der Waals surface area contributed by atoms with E-state index in [4.69, 9.17) is 9.84 Å². The van der Waals surface area contributed by atoms with E-state index in [1.807, 2.05) is 31.2 Å². The molecular formula is C17H22BrNO4. The van der Waals surface area contributed by atoms with Crippen molar-refractivity contribution >= 4 is 27.8 Å². The Labute approximate surface area is 144 Å². The molecule has 5 nitrogen and oxygen atoms in total. The number of carboxylic acids is 1. The van der Waals surface area contributed by atoms with Gasteiger partial charge in [-0.1, -0.05) is 12.1 Å². The van der Waals surface area contributed by atoms with Gasteiger partial charge in [-0.3, -0.25) is 9.59 Å². The largest absolute Gasteiger partial charge is 0.488 e. The van der Waals surface area contributed by atoms with Crippen LogP contribution in [0, 0.1) is 11.8 Å². The molecular weight excluding hydrogens is 362 g/mol. The van der Waals surface area contributed by atoms with E-state index >= 15 is 0 Å². The Morgan fingerprint density at radius 2 is 1.87 bits per heavy atom. The van der Waals surface area contributed by atoms with E-state index in [9.17, 15) is 9.59 Å². The van der Waals surface area contributed by atoms with E-state index in [2.05, 4.69) is 21.2 Å². The predicted octanol–water partition coefficient (Wildman–Crippen LogP) is 3.22. The first kappa shape index (κ1) is 17.8. The Hall–Kier alpha value is -1.56. The van der Waals surface area contributed by atoms with Crippen LogP contribution in [0.5, 0.6) is 5.75 Å². The van der Waals surface area contributed by atoms with Gasteiger partial charge in [0.25, 0.3) is 0 Å². The summed E-state index contributed by atoms with van der Waals surface area (Å²) in [7, 11) is 0. The second-order valence-corrected chi connectivity index (χ2v) is 6.85. The van der Waals surface area contributed by atoms with E-state index in [1.54, 1.807) is 0 Å². The summed E-state index contributed by atoms with van der Waals surface area (Å²) in [5.41, 5.74) is 0. The van der Waals surface area contributed by atoms with Crippen LogP contribution in [0.25, 0.3) is 0 Å². The molecule has 0 spiro atoms. The Morgan fingerprint density at radius 3 is 2.48 bits per heavy atom. The molecule has 1 aromatic rings. The van der Waals surface area contributed by atoms with Crippen molar-refractivity contribution in [2.45, 2.75) is 38.7 Å². The molecule has 0 bridgehead atoms. The van der Waals surface area contributed by atoms with Crippen LogP contribution in [0.4, 0.5) is 0 Å². The molecule has 1 amide bonds. The quantitative estimate of drug-likeness (QED) is 0.790. The van der Waals surface area contributed by atoms with Crippen LogP contribution in [-0.2, 0) is 9.59 Å². The third kappa shape index (κ3) is 5.23. The van der Waals surface area contributed by atoms with Gasteiger partial charge in [0, 0.05) is 5.92 Å². The average molecular weight is 384 g/mol. The van der Waals surface area contributed by atoms with Gasteiger partial charge >= 0.3 is 5.97 Å². The minimum Gasteiger partial charge on any atom is -0.488 e. The highest BCUT2D eigenvalue weighted by atomic mass is 79.9. The molecule has 0 saturated heterocycles. The lowest BCUT2D eigenvalue weighted by molar-refractivity contribution is -0.144. The number of nitrogens with one attached hydrogen (secondary N) is 1. The normalized spacial score (nSPS) is 22.2. The Bertz CT molecular complexity index is 555. The number of hydrogen-bond acceptors (Lipinski definition) is 3. The average Bonchev–Trinajstić information content (AvgIpc) is 2.55. The summed E-state index contributed by atoms with van der Waals surface area (Å²) in [6, 6.07) is 7.58. The molecule has 1 aliphatic carbocycles. The third-order valence-corrected chi connectivity index (χ3v) is 4.83. The van der Waals surface area contributed by atoms with E-state index in [1.165, 1.54) is 0 Å². The van der Waals surface area contributed by atoms with Crippen molar-refractivity contribution in [1.29, 1.82) is 0 Å². The van der Waals surface area contributed by atoms with Crippen molar-refractivity contribution in [2.75, 3.05) is 6.54 Å². The summed E-state index contributed by atoms with van der Waals surface area (Å²) < 4.78 is 6.67. The molecule has 0 heterocycles. The lowest BCUT2D eigenvalue weighted by Gasteiger charge is -2.26. The van der Waals surface area contributed by atoms with Crippen LogP contribution in [0.2, 0.25) is 0 Å². The second kappa shape index (κ2) is 8.34. The summed E-state index contributed by atoms with van der Waals surface area (Å²) in [6.45, 7) is 2.33. The van der Waals surface area contributed by atoms with Crippen molar-refractivity contribution in [1.82, 2.24) is 5.32 Å². The monoisotopic (exact) mass is 383 g/mol. The predicted molar refractivity (Wildman–Crippen MR) is 90.3 cm³/mol. The number of rotatable bonds is 6. The first-order valence-electron chi connectivity index (χ1n) is 7.89. The van der Waals surface area contributed by atoms with Crippen molar-refractivity contribution < 1.29 is 19.4 Å². The summed E-state index contributed by atoms with van der Waals surface area (Å²) in [5.74, 6) is -0.384. The van der Waals surface area contributed by atoms with Gasteiger partial charge < -0.3 is 15.2 Å². The maximum absolute atomic E-state index is 12.2. The highest BCUT2D eigenvalue weighted by molar-refractivity contribution is 9.10. The maximum Gasteiger partial charge on any atom is 0.306 e. The van der Waals surface area contributed by atoms with Crippen LogP contribution in [-0.4, -0.2) is 29.6 Å². The molecule has 1 aliphatic rings. The summed E-state index contributed by atoms with van der Waals surface area (Å²) in [5, 5.41) is 11.9. The molecule has 1 fully saturated rings. The number of para-hydroxylation sites is 1. The fraction of sp³-hybridized carbons (Fsp3) is 0.529. The Morgan fingerprint density at radius 1 is 1.26 bits per heavy atom. The Kier molecular flexibility index (Phi) is 6.45. The standard InChI is InChI=1S/C17H22BrNO4/c1-11(23-15-5-3-2-4-14(15)18)10-19-16(20)12-6-8-13(9-7-12)17(21)22/h2-5,11-13H,6-10H2,1H3,(H,19,20)(H,21,22). The lowest BCUT2D eigenvalue weighted by Crippen LogP contribution is -2.39. The second-order valence-electron chi connectivity index (χ2n) is 5.99. The van der Waals surface area contributed by atoms with Crippen LogP contribution in [0.3, 0.4) is 0 Å². The molecule has 0 radical (unpaired) electrons. The fourth-order valence-corrected chi connectivity index (χ4v) is 3.17. The number of ether oxygens (including phenoxy) is 1. The van der Waals surface area contributed by atoms with Crippen molar-refractivity contribution in [3.05, 3.63) is 28.7 Å². The zero-order valence-corrected chi connectivity index (χ0v) is 14.7. The van der Waals surface area contributed by atoms with Gasteiger partial charge in [0.15, 0.2) is 0 Å². The van der Waals surface area contributed by atoms with E-state index in [-0.39, 0.29) is 23.8 Å². The van der Waals surface area contributed by atoms with Crippen LogP contribution < -0.4 is 10.1 Å². The van der Waals surface area contributed by atoms with Crippen molar-refractivity contribution in [3.8, 4) is 5.75 Å². The fourth-order valence-electron chi connectivity index (χ4n) is 2.79. The maximum atomic E-state index is 12.2. The molecule has 0 aliphatic heterocycles. The minimum absolute atomic E-state index is 0.00332. The van der Waals surface area contributed by atoms with Gasteiger partial charge in [-0.15, -0.1) is 0 Å². The van der Waals surface area contributed by atoms with E-state index < -0.39 is 5.97 Å². The number of benzene rings is 1. The highest BCUT2D eigenvalue weighted by Crippen LogP contribution is 2.29. The van der Waals surface area contributed by atoms with Crippen LogP contribution in [0.1, 0.15) is 32.6 Å². The third-order valence-electron chi connectivity index (χ3n) is 4.18. The molecule has 126 valence electrons. The van der Waals surface area contributed by atoms with Gasteiger partial charge in [-0.05, 0) is 60.7 Å². The van der Waals surface area contributed by atoms with Gasteiger partial charge in [0.1, 0.15) is 11.9 Å². The number of carbonyl (C=O) groups excluding carboxylic acids is 1. The molecule has 23 heavy (non-hydrogen) atoms. The van der Waals surface area contributed by atoms with Gasteiger partial charge in [-0.25, -0.2) is 0 Å². The first-order valence-corrected chi connectivity index (χ1v) is 8.68. The first-order chi connectivity index (χ1) is 11.0. The smallest absolute Gasteiger partial charge is 0.306 e. The molecule has 6 heteroatoms. The topological polar surface area (TPSA) is 75.6 Å². The molecule has 2 N–H and O–H groups in total. The molecule has 1 atom stereocenters. The van der Waals surface area contributed by atoms with Crippen molar-refractivity contribution in [2.24, 2.45) is 11.8 Å². The summed E-state index contributed by atoms with van der Waals surface area (Å²) >= 11 is 3.42. The van der Waals surface area contributed by atoms with Gasteiger partial charge in [0.2, 0.25) is 5.91 Å². The zero-order chi connectivity index (χ0) is 16.8. The number of aliphatic carboxylic acids is 1. The SMILES string of the molecule is CC(CNC(=O)C1CCC(C(=O)O)CC1)Oc1ccccc1Br. The molecule has 0 aromatic heterocycles. The number of amides is 1. The van der Waals surface area contributed by atoms with E-state index in [0.29, 0.717) is 32.2 Å². The minimum atomic E-state index is -0.751. The van der Waals surface area contributed by atoms with Crippen molar-refractivity contribution in [3.63, 3.8) is 0 Å². The van der Waals surface area contributed by atoms with E-state index in [0.717, 1.165) is 10.2 Å². The van der Waals surface area contributed by atoms with Crippen LogP contribution in [0.15, 0.2) is 28.7 Å². The summed E-state index contributed by atoms with van der Waals surface area (Å²) in [4.78, 5) is 23.1. The molecule has 1 saturated carbocycles. The van der Waals surface area contributed by atoms with Gasteiger partial charge in [0.05, 0.1) is 16.9 Å². The van der Waals surface area contributed by atoms with Crippen LogP contribution >= 0.6 is 15.9 Å². The summed E-state index contributed by atoms with van der Waals surface area (Å²) in [6.07, 6.45) is 2.30. The molecule has 2 rings (SSSR count).